The topological polar surface area (TPSA) is 30.5 Å². The molecule has 0 bridgehead atoms. The molecule has 108 valence electrons. The first-order valence-corrected chi connectivity index (χ1v) is 7.22. The van der Waals surface area contributed by atoms with Crippen molar-refractivity contribution >= 4 is 0 Å². The summed E-state index contributed by atoms with van der Waals surface area (Å²) in [5.41, 5.74) is 1.26. The van der Waals surface area contributed by atoms with E-state index in [1.54, 1.807) is 0 Å². The van der Waals surface area contributed by atoms with Crippen LogP contribution in [0.25, 0.3) is 0 Å². The van der Waals surface area contributed by atoms with Gasteiger partial charge in [-0.2, -0.15) is 0 Å². The zero-order valence-electron chi connectivity index (χ0n) is 12.4. The molecule has 0 saturated carbocycles. The summed E-state index contributed by atoms with van der Waals surface area (Å²) in [6, 6.07) is 8.23. The number of hydrogen-bond acceptors (Lipinski definition) is 3. The van der Waals surface area contributed by atoms with E-state index in [0.29, 0.717) is 19.1 Å². The minimum Gasteiger partial charge on any atom is -0.491 e. The highest BCUT2D eigenvalue weighted by molar-refractivity contribution is 5.28. The van der Waals surface area contributed by atoms with Crippen LogP contribution in [-0.2, 0) is 11.3 Å². The van der Waals surface area contributed by atoms with Gasteiger partial charge in [-0.3, -0.25) is 0 Å². The first-order valence-electron chi connectivity index (χ1n) is 7.22. The Labute approximate surface area is 117 Å². The maximum atomic E-state index is 5.68. The van der Waals surface area contributed by atoms with E-state index in [4.69, 9.17) is 9.47 Å². The molecule has 0 aliphatic rings. The van der Waals surface area contributed by atoms with Gasteiger partial charge in [-0.15, -0.1) is 0 Å². The third kappa shape index (κ3) is 7.85. The van der Waals surface area contributed by atoms with E-state index < -0.39 is 0 Å². The molecule has 0 amide bonds. The molecule has 1 aromatic rings. The summed E-state index contributed by atoms with van der Waals surface area (Å²) in [5, 5.41) is 3.39. The van der Waals surface area contributed by atoms with Gasteiger partial charge in [0, 0.05) is 13.2 Å². The van der Waals surface area contributed by atoms with Crippen LogP contribution in [0.4, 0.5) is 0 Å². The molecule has 1 aromatic carbocycles. The quantitative estimate of drug-likeness (QED) is 0.659. The molecule has 0 radical (unpaired) electrons. The largest absolute Gasteiger partial charge is 0.491 e. The highest BCUT2D eigenvalue weighted by atomic mass is 16.5. The molecule has 19 heavy (non-hydrogen) atoms. The van der Waals surface area contributed by atoms with Crippen molar-refractivity contribution in [3.8, 4) is 5.75 Å². The van der Waals surface area contributed by atoms with Gasteiger partial charge in [0.05, 0.1) is 6.61 Å². The second-order valence-electron chi connectivity index (χ2n) is 5.14. The van der Waals surface area contributed by atoms with Crippen LogP contribution in [-0.4, -0.2) is 26.4 Å². The molecule has 0 unspecified atom stereocenters. The Morgan fingerprint density at radius 2 is 2.05 bits per heavy atom. The fourth-order valence-corrected chi connectivity index (χ4v) is 1.69. The van der Waals surface area contributed by atoms with Gasteiger partial charge in [0.25, 0.3) is 0 Å². The summed E-state index contributed by atoms with van der Waals surface area (Å²) in [7, 11) is 0. The molecule has 1 N–H and O–H groups in total. The summed E-state index contributed by atoms with van der Waals surface area (Å²) < 4.78 is 11.2. The molecule has 0 aliphatic carbocycles. The number of nitrogens with one attached hydrogen (secondary N) is 1. The molecular weight excluding hydrogens is 238 g/mol. The first-order chi connectivity index (χ1) is 9.22. The molecular formula is C16H27NO2. The van der Waals surface area contributed by atoms with Crippen molar-refractivity contribution in [1.29, 1.82) is 0 Å². The monoisotopic (exact) mass is 265 g/mol. The van der Waals surface area contributed by atoms with Gasteiger partial charge in [-0.05, 0) is 36.6 Å². The summed E-state index contributed by atoms with van der Waals surface area (Å²) in [5.74, 6) is 1.50. The summed E-state index contributed by atoms with van der Waals surface area (Å²) in [6.07, 6.45) is 1.16. The second-order valence-corrected chi connectivity index (χ2v) is 5.14. The molecule has 0 saturated heterocycles. The molecule has 0 heterocycles. The van der Waals surface area contributed by atoms with Gasteiger partial charge in [0.2, 0.25) is 0 Å². The average molecular weight is 265 g/mol. The van der Waals surface area contributed by atoms with Crippen LogP contribution < -0.4 is 10.1 Å². The summed E-state index contributed by atoms with van der Waals surface area (Å²) in [6.45, 7) is 10.5. The molecule has 0 aliphatic heterocycles. The standard InChI is InChI=1S/C16H27NO2/c1-4-8-17-12-15-6-5-7-16(11-15)19-10-9-18-13-14(2)3/h5-7,11,14,17H,4,8-10,12-13H2,1-3H3. The smallest absolute Gasteiger partial charge is 0.119 e. The fourth-order valence-electron chi connectivity index (χ4n) is 1.69. The Kier molecular flexibility index (Phi) is 8.26. The second kappa shape index (κ2) is 9.82. The predicted molar refractivity (Wildman–Crippen MR) is 79.6 cm³/mol. The number of benzene rings is 1. The Bertz CT molecular complexity index is 339. The molecule has 0 spiro atoms. The van der Waals surface area contributed by atoms with Crippen molar-refractivity contribution in [1.82, 2.24) is 5.32 Å². The Morgan fingerprint density at radius 1 is 1.21 bits per heavy atom. The Balaban J connectivity index is 2.23. The number of ether oxygens (including phenoxy) is 2. The van der Waals surface area contributed by atoms with Crippen molar-refractivity contribution in [2.75, 3.05) is 26.4 Å². The van der Waals surface area contributed by atoms with Gasteiger partial charge >= 0.3 is 0 Å². The normalized spacial score (nSPS) is 10.9. The van der Waals surface area contributed by atoms with Gasteiger partial charge < -0.3 is 14.8 Å². The van der Waals surface area contributed by atoms with Crippen LogP contribution in [0.5, 0.6) is 5.75 Å². The van der Waals surface area contributed by atoms with Crippen LogP contribution in [0, 0.1) is 5.92 Å². The van der Waals surface area contributed by atoms with Gasteiger partial charge in [-0.25, -0.2) is 0 Å². The predicted octanol–water partition coefficient (Wildman–Crippen LogP) is 3.24. The molecule has 1 rings (SSSR count). The van der Waals surface area contributed by atoms with Crippen molar-refractivity contribution in [2.24, 2.45) is 5.92 Å². The van der Waals surface area contributed by atoms with Crippen LogP contribution in [0.2, 0.25) is 0 Å². The molecule has 3 nitrogen and oxygen atoms in total. The van der Waals surface area contributed by atoms with Gasteiger partial charge in [-0.1, -0.05) is 32.9 Å². The minimum atomic E-state index is 0.577. The van der Waals surface area contributed by atoms with Crippen LogP contribution in [0.3, 0.4) is 0 Å². The highest BCUT2D eigenvalue weighted by Crippen LogP contribution is 2.13. The van der Waals surface area contributed by atoms with Crippen molar-refractivity contribution < 1.29 is 9.47 Å². The van der Waals surface area contributed by atoms with E-state index >= 15 is 0 Å². The zero-order valence-corrected chi connectivity index (χ0v) is 12.4. The van der Waals surface area contributed by atoms with Crippen molar-refractivity contribution in [2.45, 2.75) is 33.7 Å². The highest BCUT2D eigenvalue weighted by Gasteiger charge is 1.98. The van der Waals surface area contributed by atoms with Crippen molar-refractivity contribution in [3.05, 3.63) is 29.8 Å². The fraction of sp³-hybridized carbons (Fsp3) is 0.625. The molecule has 0 fully saturated rings. The SMILES string of the molecule is CCCNCc1cccc(OCCOCC(C)C)c1. The summed E-state index contributed by atoms with van der Waals surface area (Å²) in [4.78, 5) is 0. The van der Waals surface area contributed by atoms with E-state index in [0.717, 1.165) is 31.9 Å². The third-order valence-electron chi connectivity index (χ3n) is 2.60. The number of rotatable bonds is 10. The summed E-state index contributed by atoms with van der Waals surface area (Å²) >= 11 is 0. The molecule has 0 aromatic heterocycles. The lowest BCUT2D eigenvalue weighted by Crippen LogP contribution is -2.14. The van der Waals surface area contributed by atoms with E-state index in [1.165, 1.54) is 5.56 Å². The van der Waals surface area contributed by atoms with Crippen molar-refractivity contribution in [3.63, 3.8) is 0 Å². The Hall–Kier alpha value is -1.06. The molecule has 0 atom stereocenters. The zero-order chi connectivity index (χ0) is 13.9. The van der Waals surface area contributed by atoms with Crippen LogP contribution in [0.15, 0.2) is 24.3 Å². The lowest BCUT2D eigenvalue weighted by atomic mass is 10.2. The third-order valence-corrected chi connectivity index (χ3v) is 2.60. The maximum absolute atomic E-state index is 5.68. The van der Waals surface area contributed by atoms with E-state index in [1.807, 2.05) is 12.1 Å². The van der Waals surface area contributed by atoms with Crippen LogP contribution >= 0.6 is 0 Å². The van der Waals surface area contributed by atoms with Gasteiger partial charge in [0.15, 0.2) is 0 Å². The van der Waals surface area contributed by atoms with E-state index in [-0.39, 0.29) is 0 Å². The lowest BCUT2D eigenvalue weighted by Gasteiger charge is -2.10. The van der Waals surface area contributed by atoms with Crippen LogP contribution in [0.1, 0.15) is 32.8 Å². The van der Waals surface area contributed by atoms with E-state index in [2.05, 4.69) is 38.2 Å². The first kappa shape index (κ1) is 16.0. The minimum absolute atomic E-state index is 0.577. The maximum Gasteiger partial charge on any atom is 0.119 e. The lowest BCUT2D eigenvalue weighted by molar-refractivity contribution is 0.0819. The Morgan fingerprint density at radius 3 is 2.79 bits per heavy atom. The van der Waals surface area contributed by atoms with Gasteiger partial charge in [0.1, 0.15) is 12.4 Å². The number of hydrogen-bond donors (Lipinski definition) is 1. The average Bonchev–Trinajstić information content (AvgIpc) is 2.39. The molecule has 3 heteroatoms. The van der Waals surface area contributed by atoms with E-state index in [9.17, 15) is 0 Å².